The lowest BCUT2D eigenvalue weighted by Gasteiger charge is -2.06. The molecule has 0 spiro atoms. The van der Waals surface area contributed by atoms with Gasteiger partial charge in [-0.3, -0.25) is 4.79 Å². The van der Waals surface area contributed by atoms with Gasteiger partial charge in [-0.05, 0) is 77.2 Å². The summed E-state index contributed by atoms with van der Waals surface area (Å²) in [5.41, 5.74) is 2.23. The summed E-state index contributed by atoms with van der Waals surface area (Å²) in [6.45, 7) is -0.121. The smallest absolute Gasteiger partial charge is 0.255 e. The number of anilines is 1. The Bertz CT molecular complexity index is 824. The van der Waals surface area contributed by atoms with E-state index in [0.717, 1.165) is 9.13 Å². The minimum atomic E-state index is -0.142. The molecule has 1 heterocycles. The number of aliphatic hydroxyl groups is 1. The highest BCUT2D eigenvalue weighted by molar-refractivity contribution is 14.1. The number of halogens is 1. The zero-order valence-electron chi connectivity index (χ0n) is 12.1. The second kappa shape index (κ2) is 6.97. The van der Waals surface area contributed by atoms with Crippen LogP contribution in [-0.2, 0) is 6.61 Å². The lowest BCUT2D eigenvalue weighted by molar-refractivity contribution is 0.102. The molecule has 3 rings (SSSR count). The second-order valence-electron chi connectivity index (χ2n) is 4.97. The Hall–Kier alpha value is -2.12. The highest BCUT2D eigenvalue weighted by Gasteiger charge is 2.08. The van der Waals surface area contributed by atoms with Crippen LogP contribution in [0.2, 0.25) is 0 Å². The molecule has 3 aromatic rings. The molecule has 1 aromatic heterocycles. The summed E-state index contributed by atoms with van der Waals surface area (Å²) in [7, 11) is 0. The van der Waals surface area contributed by atoms with Crippen LogP contribution in [0.15, 0.2) is 65.1 Å². The van der Waals surface area contributed by atoms with Gasteiger partial charge in [-0.1, -0.05) is 6.07 Å². The third kappa shape index (κ3) is 3.80. The molecule has 0 atom stereocenters. The van der Waals surface area contributed by atoms with Gasteiger partial charge in [0.05, 0.1) is 0 Å². The number of amides is 1. The van der Waals surface area contributed by atoms with Crippen molar-refractivity contribution in [2.24, 2.45) is 0 Å². The van der Waals surface area contributed by atoms with Crippen molar-refractivity contribution in [2.75, 3.05) is 5.32 Å². The molecular formula is C18H14INO3. The predicted octanol–water partition coefficient (Wildman–Crippen LogP) is 4.30. The third-order valence-corrected chi connectivity index (χ3v) is 4.00. The Morgan fingerprint density at radius 2 is 1.87 bits per heavy atom. The van der Waals surface area contributed by atoms with Gasteiger partial charge in [-0.25, -0.2) is 0 Å². The summed E-state index contributed by atoms with van der Waals surface area (Å²) >= 11 is 2.18. The molecule has 0 aliphatic heterocycles. The van der Waals surface area contributed by atoms with E-state index in [2.05, 4.69) is 27.9 Å². The van der Waals surface area contributed by atoms with Crippen LogP contribution in [0.3, 0.4) is 0 Å². The number of hydrogen-bond donors (Lipinski definition) is 2. The third-order valence-electron chi connectivity index (χ3n) is 3.33. The Morgan fingerprint density at radius 1 is 1.09 bits per heavy atom. The van der Waals surface area contributed by atoms with E-state index >= 15 is 0 Å². The molecule has 0 saturated heterocycles. The topological polar surface area (TPSA) is 62.5 Å². The van der Waals surface area contributed by atoms with Crippen LogP contribution >= 0.6 is 22.6 Å². The normalized spacial score (nSPS) is 10.5. The maximum Gasteiger partial charge on any atom is 0.255 e. The van der Waals surface area contributed by atoms with Gasteiger partial charge < -0.3 is 14.8 Å². The van der Waals surface area contributed by atoms with Gasteiger partial charge >= 0.3 is 0 Å². The van der Waals surface area contributed by atoms with Crippen molar-refractivity contribution >= 4 is 34.2 Å². The molecule has 0 saturated carbocycles. The quantitative estimate of drug-likeness (QED) is 0.621. The molecular weight excluding hydrogens is 405 g/mol. The first-order chi connectivity index (χ1) is 11.2. The molecule has 5 heteroatoms. The van der Waals surface area contributed by atoms with E-state index in [1.54, 1.807) is 12.1 Å². The molecule has 116 valence electrons. The average Bonchev–Trinajstić information content (AvgIpc) is 3.04. The Labute approximate surface area is 147 Å². The van der Waals surface area contributed by atoms with Crippen LogP contribution in [0, 0.1) is 3.57 Å². The summed E-state index contributed by atoms with van der Waals surface area (Å²) < 4.78 is 6.50. The molecule has 4 nitrogen and oxygen atoms in total. The lowest BCUT2D eigenvalue weighted by atomic mass is 10.1. The summed E-state index contributed by atoms with van der Waals surface area (Å²) in [6.07, 6.45) is 0. The van der Waals surface area contributed by atoms with E-state index in [1.807, 2.05) is 48.5 Å². The molecule has 0 radical (unpaired) electrons. The van der Waals surface area contributed by atoms with E-state index < -0.39 is 0 Å². The van der Waals surface area contributed by atoms with E-state index in [0.29, 0.717) is 22.8 Å². The summed E-state index contributed by atoms with van der Waals surface area (Å²) in [4.78, 5) is 12.2. The van der Waals surface area contributed by atoms with Gasteiger partial charge in [0.25, 0.3) is 5.91 Å². The largest absolute Gasteiger partial charge is 0.459 e. The van der Waals surface area contributed by atoms with Gasteiger partial charge in [0.2, 0.25) is 0 Å². The predicted molar refractivity (Wildman–Crippen MR) is 97.2 cm³/mol. The first kappa shape index (κ1) is 15.8. The second-order valence-corrected chi connectivity index (χ2v) is 6.21. The Kier molecular flexibility index (Phi) is 4.78. The van der Waals surface area contributed by atoms with Gasteiger partial charge in [-0.2, -0.15) is 0 Å². The van der Waals surface area contributed by atoms with Crippen molar-refractivity contribution in [3.63, 3.8) is 0 Å². The van der Waals surface area contributed by atoms with Crippen molar-refractivity contribution < 1.29 is 14.3 Å². The maximum absolute atomic E-state index is 12.2. The van der Waals surface area contributed by atoms with Crippen molar-refractivity contribution in [3.05, 3.63) is 75.6 Å². The molecule has 0 fully saturated rings. The molecule has 0 aliphatic carbocycles. The fourth-order valence-electron chi connectivity index (χ4n) is 2.17. The number of carbonyl (C=O) groups excluding carboxylic acids is 1. The molecule has 23 heavy (non-hydrogen) atoms. The molecule has 0 aliphatic rings. The SMILES string of the molecule is O=C(Nc1ccc(-c2ccc(CO)o2)cc1)c1cccc(I)c1. The zero-order valence-corrected chi connectivity index (χ0v) is 14.3. The first-order valence-corrected chi connectivity index (χ1v) is 8.10. The minimum absolute atomic E-state index is 0.121. The number of benzene rings is 2. The molecule has 2 aromatic carbocycles. The van der Waals surface area contributed by atoms with Crippen molar-refractivity contribution in [1.29, 1.82) is 0 Å². The highest BCUT2D eigenvalue weighted by atomic mass is 127. The van der Waals surface area contributed by atoms with Gasteiger partial charge in [0.1, 0.15) is 18.1 Å². The average molecular weight is 419 g/mol. The number of rotatable bonds is 4. The fraction of sp³-hybridized carbons (Fsp3) is 0.0556. The van der Waals surface area contributed by atoms with Gasteiger partial charge in [0, 0.05) is 20.4 Å². The summed E-state index contributed by atoms with van der Waals surface area (Å²) in [5.74, 6) is 1.07. The van der Waals surface area contributed by atoms with Crippen molar-refractivity contribution in [2.45, 2.75) is 6.61 Å². The molecule has 0 bridgehead atoms. The van der Waals surface area contributed by atoms with Crippen molar-refractivity contribution in [1.82, 2.24) is 0 Å². The number of furan rings is 1. The highest BCUT2D eigenvalue weighted by Crippen LogP contribution is 2.24. The zero-order chi connectivity index (χ0) is 16.2. The van der Waals surface area contributed by atoms with Gasteiger partial charge in [0.15, 0.2) is 0 Å². The van der Waals surface area contributed by atoms with E-state index in [1.165, 1.54) is 0 Å². The van der Waals surface area contributed by atoms with Crippen LogP contribution < -0.4 is 5.32 Å². The Balaban J connectivity index is 1.73. The van der Waals surface area contributed by atoms with E-state index in [4.69, 9.17) is 9.52 Å². The lowest BCUT2D eigenvalue weighted by Crippen LogP contribution is -2.11. The number of hydrogen-bond acceptors (Lipinski definition) is 3. The molecule has 0 unspecified atom stereocenters. The number of carbonyl (C=O) groups is 1. The van der Waals surface area contributed by atoms with Crippen LogP contribution in [0.1, 0.15) is 16.1 Å². The molecule has 1 amide bonds. The number of nitrogens with one attached hydrogen (secondary N) is 1. The van der Waals surface area contributed by atoms with E-state index in [9.17, 15) is 4.79 Å². The first-order valence-electron chi connectivity index (χ1n) is 7.02. The summed E-state index contributed by atoms with van der Waals surface area (Å²) in [5, 5.41) is 11.9. The molecule has 2 N–H and O–H groups in total. The summed E-state index contributed by atoms with van der Waals surface area (Å²) in [6, 6.07) is 18.3. The Morgan fingerprint density at radius 3 is 2.52 bits per heavy atom. The number of aliphatic hydroxyl groups excluding tert-OH is 1. The van der Waals surface area contributed by atoms with Crippen LogP contribution in [0.4, 0.5) is 5.69 Å². The van der Waals surface area contributed by atoms with E-state index in [-0.39, 0.29) is 12.5 Å². The van der Waals surface area contributed by atoms with Gasteiger partial charge in [-0.15, -0.1) is 0 Å². The van der Waals surface area contributed by atoms with Crippen LogP contribution in [0.5, 0.6) is 0 Å². The van der Waals surface area contributed by atoms with Crippen LogP contribution in [0.25, 0.3) is 11.3 Å². The van der Waals surface area contributed by atoms with Crippen LogP contribution in [-0.4, -0.2) is 11.0 Å². The fourth-order valence-corrected chi connectivity index (χ4v) is 2.71. The maximum atomic E-state index is 12.2. The van der Waals surface area contributed by atoms with Crippen molar-refractivity contribution in [3.8, 4) is 11.3 Å². The minimum Gasteiger partial charge on any atom is -0.459 e. The standard InChI is InChI=1S/C18H14INO3/c19-14-3-1-2-13(10-14)18(22)20-15-6-4-12(5-7-15)17-9-8-16(11-21)23-17/h1-10,21H,11H2,(H,20,22). The monoisotopic (exact) mass is 419 g/mol.